The molecule has 0 radical (unpaired) electrons. The second-order valence-electron chi connectivity index (χ2n) is 4.63. The molecule has 0 fully saturated rings. The maximum absolute atomic E-state index is 5.15. The predicted molar refractivity (Wildman–Crippen MR) is 78.6 cm³/mol. The minimum atomic E-state index is 0.232. The van der Waals surface area contributed by atoms with Crippen LogP contribution in [0.1, 0.15) is 13.8 Å². The van der Waals surface area contributed by atoms with Gasteiger partial charge in [0.25, 0.3) is 5.95 Å². The Balaban J connectivity index is 2.39. The molecule has 0 aliphatic rings. The van der Waals surface area contributed by atoms with Crippen LogP contribution in [0.15, 0.2) is 12.7 Å². The molecule has 0 aliphatic heterocycles. The fraction of sp³-hybridized carbons (Fsp3) is 0.583. The molecule has 21 heavy (non-hydrogen) atoms. The molecule has 9 heteroatoms. The van der Waals surface area contributed by atoms with Crippen molar-refractivity contribution in [3.63, 3.8) is 0 Å². The van der Waals surface area contributed by atoms with Crippen LogP contribution in [0.3, 0.4) is 0 Å². The molecule has 0 aliphatic carbocycles. The van der Waals surface area contributed by atoms with Crippen LogP contribution >= 0.6 is 0 Å². The summed E-state index contributed by atoms with van der Waals surface area (Å²) in [5.74, 6) is 1.48. The summed E-state index contributed by atoms with van der Waals surface area (Å²) in [5, 5.41) is 6.99. The lowest BCUT2D eigenvalue weighted by molar-refractivity contribution is 0.203. The van der Waals surface area contributed by atoms with E-state index in [-0.39, 0.29) is 6.04 Å². The first-order valence-corrected chi connectivity index (χ1v) is 6.70. The molecule has 0 bridgehead atoms. The molecular formula is C12H20N8O. The summed E-state index contributed by atoms with van der Waals surface area (Å²) in [6.45, 7) is 5.44. The first-order chi connectivity index (χ1) is 10.2. The van der Waals surface area contributed by atoms with Crippen molar-refractivity contribution in [2.75, 3.05) is 37.5 Å². The number of hydrogen-bond donors (Lipinski definition) is 1. The summed E-state index contributed by atoms with van der Waals surface area (Å²) < 4.78 is 6.65. The van der Waals surface area contributed by atoms with Gasteiger partial charge in [-0.15, -0.1) is 0 Å². The van der Waals surface area contributed by atoms with Crippen molar-refractivity contribution in [3.8, 4) is 5.95 Å². The van der Waals surface area contributed by atoms with E-state index in [0.29, 0.717) is 31.0 Å². The molecule has 0 spiro atoms. The fourth-order valence-electron chi connectivity index (χ4n) is 1.79. The van der Waals surface area contributed by atoms with Gasteiger partial charge in [0, 0.05) is 26.7 Å². The summed E-state index contributed by atoms with van der Waals surface area (Å²) in [5.41, 5.74) is 0. The van der Waals surface area contributed by atoms with E-state index in [0.717, 1.165) is 0 Å². The highest BCUT2D eigenvalue weighted by atomic mass is 16.5. The van der Waals surface area contributed by atoms with E-state index in [9.17, 15) is 0 Å². The van der Waals surface area contributed by atoms with Crippen molar-refractivity contribution >= 4 is 11.9 Å². The van der Waals surface area contributed by atoms with Gasteiger partial charge in [-0.25, -0.2) is 4.98 Å². The maximum atomic E-state index is 5.15. The lowest BCUT2D eigenvalue weighted by Gasteiger charge is -2.26. The predicted octanol–water partition coefficient (Wildman–Crippen LogP) is 0.355. The molecule has 2 heterocycles. The van der Waals surface area contributed by atoms with Gasteiger partial charge in [0.05, 0.1) is 6.61 Å². The number of aromatic nitrogens is 6. The highest BCUT2D eigenvalue weighted by Gasteiger charge is 2.17. The smallest absolute Gasteiger partial charge is 0.258 e. The quantitative estimate of drug-likeness (QED) is 0.781. The topological polar surface area (TPSA) is 93.9 Å². The standard InChI is InChI=1S/C12H20N8O/c1-9(2)19(5-6-21-4)11-16-10(13-3)17-12(18-11)20-8-14-7-15-20/h7-9H,5-6H2,1-4H3,(H,13,16,17,18). The number of ether oxygens (including phenoxy) is 1. The van der Waals surface area contributed by atoms with E-state index in [1.165, 1.54) is 11.0 Å². The lowest BCUT2D eigenvalue weighted by atomic mass is 10.3. The molecule has 1 N–H and O–H groups in total. The maximum Gasteiger partial charge on any atom is 0.258 e. The average molecular weight is 292 g/mol. The summed E-state index contributed by atoms with van der Waals surface area (Å²) in [7, 11) is 3.44. The molecule has 0 aromatic carbocycles. The van der Waals surface area contributed by atoms with Gasteiger partial charge in [-0.1, -0.05) is 0 Å². The summed E-state index contributed by atoms with van der Waals surface area (Å²) >= 11 is 0. The van der Waals surface area contributed by atoms with Gasteiger partial charge < -0.3 is 15.0 Å². The molecule has 9 nitrogen and oxygen atoms in total. The molecule has 2 aromatic heterocycles. The minimum absolute atomic E-state index is 0.232. The Hall–Kier alpha value is -2.29. The molecule has 2 rings (SSSR count). The second kappa shape index (κ2) is 6.93. The normalized spacial score (nSPS) is 10.9. The van der Waals surface area contributed by atoms with Crippen LogP contribution in [-0.4, -0.2) is 63.1 Å². The van der Waals surface area contributed by atoms with Crippen molar-refractivity contribution in [1.82, 2.24) is 29.7 Å². The highest BCUT2D eigenvalue weighted by molar-refractivity contribution is 5.40. The van der Waals surface area contributed by atoms with Gasteiger partial charge in [-0.3, -0.25) is 0 Å². The van der Waals surface area contributed by atoms with Gasteiger partial charge in [-0.05, 0) is 13.8 Å². The van der Waals surface area contributed by atoms with Gasteiger partial charge >= 0.3 is 0 Å². The zero-order chi connectivity index (χ0) is 15.2. The van der Waals surface area contributed by atoms with Gasteiger partial charge in [0.15, 0.2) is 0 Å². The van der Waals surface area contributed by atoms with Gasteiger partial charge in [0.1, 0.15) is 12.7 Å². The Kier molecular flexibility index (Phi) is 4.99. The summed E-state index contributed by atoms with van der Waals surface area (Å²) in [4.78, 5) is 19.1. The molecule has 0 amide bonds. The Morgan fingerprint density at radius 1 is 1.33 bits per heavy atom. The van der Waals surface area contributed by atoms with Crippen LogP contribution in [0.4, 0.5) is 11.9 Å². The first-order valence-electron chi connectivity index (χ1n) is 6.70. The molecule has 2 aromatic rings. The van der Waals surface area contributed by atoms with Gasteiger partial charge in [0.2, 0.25) is 11.9 Å². The third kappa shape index (κ3) is 3.63. The minimum Gasteiger partial charge on any atom is -0.383 e. The van der Waals surface area contributed by atoms with Crippen molar-refractivity contribution in [2.45, 2.75) is 19.9 Å². The van der Waals surface area contributed by atoms with Crippen molar-refractivity contribution in [2.24, 2.45) is 0 Å². The number of anilines is 2. The summed E-state index contributed by atoms with van der Waals surface area (Å²) in [6, 6.07) is 0.232. The van der Waals surface area contributed by atoms with Crippen molar-refractivity contribution in [1.29, 1.82) is 0 Å². The van der Waals surface area contributed by atoms with E-state index in [1.807, 2.05) is 4.90 Å². The molecule has 0 saturated heterocycles. The van der Waals surface area contributed by atoms with Crippen LogP contribution < -0.4 is 10.2 Å². The van der Waals surface area contributed by atoms with Crippen LogP contribution in [0, 0.1) is 0 Å². The van der Waals surface area contributed by atoms with Crippen LogP contribution in [0.5, 0.6) is 0 Å². The van der Waals surface area contributed by atoms with Gasteiger partial charge in [-0.2, -0.15) is 24.7 Å². The van der Waals surface area contributed by atoms with Crippen molar-refractivity contribution < 1.29 is 4.74 Å². The van der Waals surface area contributed by atoms with E-state index in [1.54, 1.807) is 20.5 Å². The number of nitrogens with one attached hydrogen (secondary N) is 1. The van der Waals surface area contributed by atoms with E-state index >= 15 is 0 Å². The Morgan fingerprint density at radius 3 is 2.71 bits per heavy atom. The number of methoxy groups -OCH3 is 1. The SMILES string of the molecule is CNc1nc(N(CCOC)C(C)C)nc(-n2cncn2)n1. The number of nitrogens with zero attached hydrogens (tertiary/aromatic N) is 7. The molecule has 0 saturated carbocycles. The number of rotatable bonds is 7. The third-order valence-electron chi connectivity index (χ3n) is 2.88. The van der Waals surface area contributed by atoms with Crippen LogP contribution in [0.2, 0.25) is 0 Å². The number of hydrogen-bond acceptors (Lipinski definition) is 8. The largest absolute Gasteiger partial charge is 0.383 e. The molecule has 114 valence electrons. The summed E-state index contributed by atoms with van der Waals surface area (Å²) in [6.07, 6.45) is 2.99. The van der Waals surface area contributed by atoms with E-state index in [4.69, 9.17) is 4.74 Å². The molecule has 0 unspecified atom stereocenters. The Bertz CT molecular complexity index is 556. The van der Waals surface area contributed by atoms with E-state index < -0.39 is 0 Å². The zero-order valence-electron chi connectivity index (χ0n) is 12.7. The highest BCUT2D eigenvalue weighted by Crippen LogP contribution is 2.15. The van der Waals surface area contributed by atoms with Crippen molar-refractivity contribution in [3.05, 3.63) is 12.7 Å². The van der Waals surface area contributed by atoms with Crippen LogP contribution in [0.25, 0.3) is 5.95 Å². The average Bonchev–Trinajstić information content (AvgIpc) is 3.01. The fourth-order valence-corrected chi connectivity index (χ4v) is 1.79. The second-order valence-corrected chi connectivity index (χ2v) is 4.63. The van der Waals surface area contributed by atoms with Crippen LogP contribution in [-0.2, 0) is 4.74 Å². The first kappa shape index (κ1) is 15.1. The Labute approximate surface area is 123 Å². The third-order valence-corrected chi connectivity index (χ3v) is 2.88. The van der Waals surface area contributed by atoms with E-state index in [2.05, 4.69) is 44.2 Å². The zero-order valence-corrected chi connectivity index (χ0v) is 12.7. The monoisotopic (exact) mass is 292 g/mol. The molecular weight excluding hydrogens is 272 g/mol. The Morgan fingerprint density at radius 2 is 2.14 bits per heavy atom. The molecule has 0 atom stereocenters. The lowest BCUT2D eigenvalue weighted by Crippen LogP contribution is -2.35.